The van der Waals surface area contributed by atoms with Crippen LogP contribution in [0, 0.1) is 0 Å². The van der Waals surface area contributed by atoms with Gasteiger partial charge in [-0.05, 0) is 49.2 Å². The Morgan fingerprint density at radius 3 is 2.92 bits per heavy atom. The Morgan fingerprint density at radius 1 is 1.24 bits per heavy atom. The summed E-state index contributed by atoms with van der Waals surface area (Å²) in [4.78, 5) is 23.5. The van der Waals surface area contributed by atoms with Crippen LogP contribution in [-0.2, 0) is 16.0 Å². The molecular formula is C20H20N2O3. The van der Waals surface area contributed by atoms with Crippen LogP contribution in [0.4, 0.5) is 11.4 Å². The van der Waals surface area contributed by atoms with Gasteiger partial charge in [-0.2, -0.15) is 0 Å². The van der Waals surface area contributed by atoms with Gasteiger partial charge in [0.25, 0.3) is 0 Å². The van der Waals surface area contributed by atoms with Crippen LogP contribution in [0.1, 0.15) is 24.5 Å². The molecule has 5 nitrogen and oxygen atoms in total. The summed E-state index contributed by atoms with van der Waals surface area (Å²) in [5, 5.41) is 5.67. The molecule has 0 atom stereocenters. The van der Waals surface area contributed by atoms with Crippen LogP contribution in [0.2, 0.25) is 0 Å². The average molecular weight is 336 g/mol. The highest BCUT2D eigenvalue weighted by Crippen LogP contribution is 2.25. The number of benzene rings is 2. The third-order valence-electron chi connectivity index (χ3n) is 3.90. The van der Waals surface area contributed by atoms with Gasteiger partial charge in [-0.15, -0.1) is 0 Å². The molecule has 0 fully saturated rings. The van der Waals surface area contributed by atoms with Crippen molar-refractivity contribution in [3.63, 3.8) is 0 Å². The first-order chi connectivity index (χ1) is 12.2. The lowest BCUT2D eigenvalue weighted by atomic mass is 10.0. The number of carbonyl (C=O) groups excluding carboxylic acids is 2. The van der Waals surface area contributed by atoms with Gasteiger partial charge in [0.15, 0.2) is 0 Å². The third kappa shape index (κ3) is 4.26. The highest BCUT2D eigenvalue weighted by atomic mass is 16.5. The van der Waals surface area contributed by atoms with E-state index in [1.54, 1.807) is 12.1 Å². The van der Waals surface area contributed by atoms with E-state index in [0.717, 1.165) is 22.6 Å². The van der Waals surface area contributed by atoms with E-state index in [1.165, 1.54) is 6.08 Å². The molecule has 1 aliphatic rings. The number of anilines is 2. The van der Waals surface area contributed by atoms with E-state index < -0.39 is 0 Å². The minimum Gasteiger partial charge on any atom is -0.493 e. The van der Waals surface area contributed by atoms with Gasteiger partial charge in [-0.3, -0.25) is 9.59 Å². The lowest BCUT2D eigenvalue weighted by Gasteiger charge is -2.17. The summed E-state index contributed by atoms with van der Waals surface area (Å²) in [6.45, 7) is 2.49. The van der Waals surface area contributed by atoms with E-state index in [4.69, 9.17) is 4.74 Å². The number of para-hydroxylation sites is 1. The second-order valence-electron chi connectivity index (χ2n) is 5.71. The van der Waals surface area contributed by atoms with Gasteiger partial charge in [0.05, 0.1) is 6.61 Å². The number of fused-ring (bicyclic) bond motifs is 1. The van der Waals surface area contributed by atoms with Gasteiger partial charge in [-0.1, -0.05) is 18.2 Å². The van der Waals surface area contributed by atoms with Crippen molar-refractivity contribution in [1.82, 2.24) is 0 Å². The Balaban J connectivity index is 1.68. The predicted octanol–water partition coefficient (Wildman–Crippen LogP) is 3.62. The van der Waals surface area contributed by atoms with Crippen molar-refractivity contribution >= 4 is 29.3 Å². The van der Waals surface area contributed by atoms with Gasteiger partial charge in [0, 0.05) is 29.4 Å². The maximum atomic E-state index is 12.2. The van der Waals surface area contributed by atoms with Gasteiger partial charge in [0.1, 0.15) is 5.75 Å². The van der Waals surface area contributed by atoms with Crippen LogP contribution in [-0.4, -0.2) is 18.4 Å². The summed E-state index contributed by atoms with van der Waals surface area (Å²) in [5.74, 6) is 0.560. The first-order valence-corrected chi connectivity index (χ1v) is 8.29. The Labute approximate surface area is 146 Å². The van der Waals surface area contributed by atoms with Gasteiger partial charge < -0.3 is 15.4 Å². The van der Waals surface area contributed by atoms with Crippen molar-refractivity contribution in [2.45, 2.75) is 19.8 Å². The molecule has 3 rings (SSSR count). The summed E-state index contributed by atoms with van der Waals surface area (Å²) in [7, 11) is 0. The van der Waals surface area contributed by atoms with Crippen LogP contribution < -0.4 is 15.4 Å². The minimum absolute atomic E-state index is 0.0279. The monoisotopic (exact) mass is 336 g/mol. The molecule has 0 unspecified atom stereocenters. The van der Waals surface area contributed by atoms with E-state index in [0.29, 0.717) is 25.1 Å². The molecule has 0 aliphatic carbocycles. The molecule has 1 heterocycles. The minimum atomic E-state index is -0.217. The molecule has 0 saturated heterocycles. The van der Waals surface area contributed by atoms with Crippen molar-refractivity contribution in [2.75, 3.05) is 17.2 Å². The Bertz CT molecular complexity index is 827. The molecule has 0 radical (unpaired) electrons. The fourth-order valence-corrected chi connectivity index (χ4v) is 2.72. The van der Waals surface area contributed by atoms with Crippen molar-refractivity contribution in [1.29, 1.82) is 0 Å². The number of carbonyl (C=O) groups is 2. The molecule has 0 bridgehead atoms. The SMILES string of the molecule is CCOc1ccccc1/C=C/C(=O)Nc1ccc2c(c1)CCC(=O)N2. The average Bonchev–Trinajstić information content (AvgIpc) is 2.61. The molecule has 2 N–H and O–H groups in total. The van der Waals surface area contributed by atoms with E-state index in [2.05, 4.69) is 10.6 Å². The fraction of sp³-hybridized carbons (Fsp3) is 0.200. The van der Waals surface area contributed by atoms with E-state index in [-0.39, 0.29) is 11.8 Å². The summed E-state index contributed by atoms with van der Waals surface area (Å²) in [5.41, 5.74) is 3.41. The number of nitrogens with one attached hydrogen (secondary N) is 2. The molecule has 5 heteroatoms. The fourth-order valence-electron chi connectivity index (χ4n) is 2.72. The number of amides is 2. The van der Waals surface area contributed by atoms with E-state index >= 15 is 0 Å². The summed E-state index contributed by atoms with van der Waals surface area (Å²) >= 11 is 0. The zero-order valence-electron chi connectivity index (χ0n) is 14.0. The van der Waals surface area contributed by atoms with Gasteiger partial charge in [0.2, 0.25) is 11.8 Å². The van der Waals surface area contributed by atoms with Crippen LogP contribution in [0.15, 0.2) is 48.5 Å². The third-order valence-corrected chi connectivity index (χ3v) is 3.90. The van der Waals surface area contributed by atoms with Crippen molar-refractivity contribution in [3.05, 3.63) is 59.7 Å². The lowest BCUT2D eigenvalue weighted by molar-refractivity contribution is -0.116. The topological polar surface area (TPSA) is 67.4 Å². The van der Waals surface area contributed by atoms with Gasteiger partial charge >= 0.3 is 0 Å². The Hall–Kier alpha value is -3.08. The first kappa shape index (κ1) is 16.8. The molecule has 2 aromatic carbocycles. The summed E-state index contributed by atoms with van der Waals surface area (Å²) in [6, 6.07) is 13.1. The number of rotatable bonds is 5. The van der Waals surface area contributed by atoms with Crippen LogP contribution in [0.25, 0.3) is 6.08 Å². The first-order valence-electron chi connectivity index (χ1n) is 8.29. The molecular weight excluding hydrogens is 316 g/mol. The van der Waals surface area contributed by atoms with Crippen molar-refractivity contribution < 1.29 is 14.3 Å². The molecule has 2 amide bonds. The standard InChI is InChI=1S/C20H20N2O3/c1-2-25-18-6-4-3-5-14(18)7-11-19(23)21-16-9-10-17-15(13-16)8-12-20(24)22-17/h3-7,9-11,13H,2,8,12H2,1H3,(H,21,23)(H,22,24)/b11-7+. The maximum absolute atomic E-state index is 12.2. The predicted molar refractivity (Wildman–Crippen MR) is 98.7 cm³/mol. The maximum Gasteiger partial charge on any atom is 0.248 e. The number of ether oxygens (including phenoxy) is 1. The number of hydrogen-bond acceptors (Lipinski definition) is 3. The van der Waals surface area contributed by atoms with Crippen molar-refractivity contribution in [3.8, 4) is 5.75 Å². The smallest absolute Gasteiger partial charge is 0.248 e. The van der Waals surface area contributed by atoms with Gasteiger partial charge in [-0.25, -0.2) is 0 Å². The summed E-state index contributed by atoms with van der Waals surface area (Å²) < 4.78 is 5.54. The quantitative estimate of drug-likeness (QED) is 0.820. The van der Waals surface area contributed by atoms with E-state index in [1.807, 2.05) is 43.3 Å². The van der Waals surface area contributed by atoms with Crippen LogP contribution in [0.5, 0.6) is 5.75 Å². The molecule has 0 spiro atoms. The number of aryl methyl sites for hydroxylation is 1. The van der Waals surface area contributed by atoms with Crippen molar-refractivity contribution in [2.24, 2.45) is 0 Å². The molecule has 0 aromatic heterocycles. The zero-order valence-corrected chi connectivity index (χ0v) is 14.0. The Morgan fingerprint density at radius 2 is 2.08 bits per heavy atom. The number of hydrogen-bond donors (Lipinski definition) is 2. The Kier molecular flexibility index (Phi) is 5.14. The lowest BCUT2D eigenvalue weighted by Crippen LogP contribution is -2.19. The molecule has 2 aromatic rings. The molecule has 25 heavy (non-hydrogen) atoms. The molecule has 128 valence electrons. The van der Waals surface area contributed by atoms with Crippen LogP contribution in [0.3, 0.4) is 0 Å². The normalized spacial score (nSPS) is 13.2. The highest BCUT2D eigenvalue weighted by molar-refractivity contribution is 6.02. The second kappa shape index (κ2) is 7.66. The highest BCUT2D eigenvalue weighted by Gasteiger charge is 2.14. The summed E-state index contributed by atoms with van der Waals surface area (Å²) in [6.07, 6.45) is 4.37. The second-order valence-corrected chi connectivity index (χ2v) is 5.71. The van der Waals surface area contributed by atoms with Crippen LogP contribution >= 0.6 is 0 Å². The molecule has 0 saturated carbocycles. The zero-order chi connectivity index (χ0) is 17.6. The molecule has 1 aliphatic heterocycles. The largest absolute Gasteiger partial charge is 0.493 e. The van der Waals surface area contributed by atoms with E-state index in [9.17, 15) is 9.59 Å².